The van der Waals surface area contributed by atoms with E-state index >= 15 is 0 Å². The van der Waals surface area contributed by atoms with Gasteiger partial charge in [0.05, 0.1) is 35.2 Å². The summed E-state index contributed by atoms with van der Waals surface area (Å²) in [7, 11) is 1.70. The van der Waals surface area contributed by atoms with Crippen molar-refractivity contribution in [3.8, 4) is 5.75 Å². The average molecular weight is 484 g/mol. The van der Waals surface area contributed by atoms with E-state index in [4.69, 9.17) is 9.47 Å². The number of thiophene rings is 1. The molecule has 8 nitrogen and oxygen atoms in total. The van der Waals surface area contributed by atoms with Gasteiger partial charge in [-0.15, -0.1) is 11.3 Å². The zero-order chi connectivity index (χ0) is 24.1. The zero-order valence-electron chi connectivity index (χ0n) is 20.3. The lowest BCUT2D eigenvalue weighted by Crippen LogP contribution is -2.48. The molecule has 0 radical (unpaired) electrons. The van der Waals surface area contributed by atoms with E-state index in [1.807, 2.05) is 36.9 Å². The maximum absolute atomic E-state index is 13.5. The number of fused-ring (bicyclic) bond motifs is 1. The minimum absolute atomic E-state index is 0.0631. The highest BCUT2D eigenvalue weighted by atomic mass is 32.1. The third kappa shape index (κ3) is 4.95. The SMILES string of the molecule is CCOc1ccccc1N1CCN(C(=O)c2sc3ncnc(N[C@@H](CC)COC)c3c2C)CC1. The number of carbonyl (C=O) groups is 1. The first-order chi connectivity index (χ1) is 16.6. The average Bonchev–Trinajstić information content (AvgIpc) is 3.21. The van der Waals surface area contributed by atoms with E-state index in [0.717, 1.165) is 57.4 Å². The second-order valence-corrected chi connectivity index (χ2v) is 9.34. The van der Waals surface area contributed by atoms with Crippen molar-refractivity contribution in [3.05, 3.63) is 41.0 Å². The number of para-hydroxylation sites is 2. The number of hydrogen-bond donors (Lipinski definition) is 1. The number of hydrogen-bond acceptors (Lipinski definition) is 8. The first-order valence-electron chi connectivity index (χ1n) is 11.8. The lowest BCUT2D eigenvalue weighted by Gasteiger charge is -2.36. The largest absolute Gasteiger partial charge is 0.492 e. The van der Waals surface area contributed by atoms with Gasteiger partial charge in [0.25, 0.3) is 5.91 Å². The van der Waals surface area contributed by atoms with Crippen LogP contribution in [0.1, 0.15) is 35.5 Å². The number of aromatic nitrogens is 2. The van der Waals surface area contributed by atoms with Crippen molar-refractivity contribution in [1.29, 1.82) is 0 Å². The molecule has 0 unspecified atom stereocenters. The van der Waals surface area contributed by atoms with E-state index in [-0.39, 0.29) is 11.9 Å². The molecule has 0 spiro atoms. The summed E-state index contributed by atoms with van der Waals surface area (Å²) in [5.41, 5.74) is 2.02. The molecule has 2 aromatic heterocycles. The summed E-state index contributed by atoms with van der Waals surface area (Å²) < 4.78 is 11.1. The van der Waals surface area contributed by atoms with Crippen LogP contribution in [0.25, 0.3) is 10.2 Å². The fourth-order valence-corrected chi connectivity index (χ4v) is 5.45. The highest BCUT2D eigenvalue weighted by Gasteiger charge is 2.27. The molecular weight excluding hydrogens is 450 g/mol. The Morgan fingerprint density at radius 2 is 1.94 bits per heavy atom. The van der Waals surface area contributed by atoms with Crippen molar-refractivity contribution in [3.63, 3.8) is 0 Å². The van der Waals surface area contributed by atoms with E-state index in [1.54, 1.807) is 13.4 Å². The Labute approximate surface area is 204 Å². The number of piperazine rings is 1. The molecule has 1 amide bonds. The molecule has 0 saturated carbocycles. The van der Waals surface area contributed by atoms with Gasteiger partial charge in [0.2, 0.25) is 0 Å². The van der Waals surface area contributed by atoms with E-state index in [2.05, 4.69) is 33.2 Å². The Hall–Kier alpha value is -2.91. The normalized spacial score (nSPS) is 14.9. The van der Waals surface area contributed by atoms with Gasteiger partial charge in [0.15, 0.2) is 0 Å². The number of rotatable bonds is 9. The number of ether oxygens (including phenoxy) is 2. The zero-order valence-corrected chi connectivity index (χ0v) is 21.2. The number of carbonyl (C=O) groups excluding carboxylic acids is 1. The lowest BCUT2D eigenvalue weighted by molar-refractivity contribution is 0.0751. The summed E-state index contributed by atoms with van der Waals surface area (Å²) in [4.78, 5) is 28.2. The van der Waals surface area contributed by atoms with Crippen LogP contribution in [-0.4, -0.2) is 73.3 Å². The molecule has 1 aromatic carbocycles. The number of benzene rings is 1. The molecule has 182 valence electrons. The molecule has 3 aromatic rings. The highest BCUT2D eigenvalue weighted by molar-refractivity contribution is 7.20. The number of nitrogens with one attached hydrogen (secondary N) is 1. The molecule has 1 aliphatic heterocycles. The van der Waals surface area contributed by atoms with Crippen LogP contribution in [0.5, 0.6) is 5.75 Å². The monoisotopic (exact) mass is 483 g/mol. The third-order valence-electron chi connectivity index (χ3n) is 6.20. The van der Waals surface area contributed by atoms with E-state index < -0.39 is 0 Å². The van der Waals surface area contributed by atoms with Gasteiger partial charge in [-0.3, -0.25) is 4.79 Å². The summed E-state index contributed by atoms with van der Waals surface area (Å²) >= 11 is 1.45. The van der Waals surface area contributed by atoms with Gasteiger partial charge in [-0.2, -0.15) is 0 Å². The van der Waals surface area contributed by atoms with Gasteiger partial charge >= 0.3 is 0 Å². The van der Waals surface area contributed by atoms with Crippen molar-refractivity contribution < 1.29 is 14.3 Å². The molecule has 3 heterocycles. The maximum Gasteiger partial charge on any atom is 0.264 e. The van der Waals surface area contributed by atoms with Crippen LogP contribution in [0.2, 0.25) is 0 Å². The summed E-state index contributed by atoms with van der Waals surface area (Å²) in [5.74, 6) is 1.72. The predicted molar refractivity (Wildman–Crippen MR) is 137 cm³/mol. The van der Waals surface area contributed by atoms with Crippen molar-refractivity contribution in [2.24, 2.45) is 0 Å². The minimum Gasteiger partial charge on any atom is -0.492 e. The second kappa shape index (κ2) is 11.0. The summed E-state index contributed by atoms with van der Waals surface area (Å²) in [6.45, 7) is 10.2. The van der Waals surface area contributed by atoms with Crippen LogP contribution in [-0.2, 0) is 4.74 Å². The molecule has 1 aliphatic rings. The van der Waals surface area contributed by atoms with Crippen LogP contribution in [0, 0.1) is 6.92 Å². The Morgan fingerprint density at radius 3 is 2.65 bits per heavy atom. The van der Waals surface area contributed by atoms with Crippen LogP contribution >= 0.6 is 11.3 Å². The quantitative estimate of drug-likeness (QED) is 0.489. The van der Waals surface area contributed by atoms with Crippen molar-refractivity contribution >= 4 is 39.0 Å². The van der Waals surface area contributed by atoms with E-state index in [9.17, 15) is 4.79 Å². The van der Waals surface area contributed by atoms with Gasteiger partial charge in [-0.05, 0) is 38.0 Å². The smallest absolute Gasteiger partial charge is 0.264 e. The Balaban J connectivity index is 1.51. The molecule has 1 atom stereocenters. The summed E-state index contributed by atoms with van der Waals surface area (Å²) in [6, 6.07) is 8.24. The topological polar surface area (TPSA) is 79.8 Å². The fourth-order valence-electron chi connectivity index (χ4n) is 4.33. The standard InChI is InChI=1S/C25H33N5O3S/c1-5-18(15-32-4)28-23-21-17(3)22(34-24(21)27-16-26-23)25(31)30-13-11-29(12-14-30)19-9-7-8-10-20(19)33-6-2/h7-10,16,18H,5-6,11-15H2,1-4H3,(H,26,27,28)/t18-/m0/s1. The lowest BCUT2D eigenvalue weighted by atomic mass is 10.1. The Kier molecular flexibility index (Phi) is 7.84. The molecular formula is C25H33N5O3S. The third-order valence-corrected chi connectivity index (χ3v) is 7.38. The number of aryl methyl sites for hydroxylation is 1. The van der Waals surface area contributed by atoms with Gasteiger partial charge in [-0.25, -0.2) is 9.97 Å². The van der Waals surface area contributed by atoms with E-state index in [0.29, 0.717) is 26.3 Å². The molecule has 4 rings (SSSR count). The van der Waals surface area contributed by atoms with Crippen molar-refractivity contribution in [2.45, 2.75) is 33.2 Å². The van der Waals surface area contributed by atoms with Crippen LogP contribution in [0.15, 0.2) is 30.6 Å². The number of amides is 1. The molecule has 1 N–H and O–H groups in total. The van der Waals surface area contributed by atoms with Gasteiger partial charge in [0, 0.05) is 33.3 Å². The summed E-state index contributed by atoms with van der Waals surface area (Å²) in [6.07, 6.45) is 2.47. The number of methoxy groups -OCH3 is 1. The molecule has 1 fully saturated rings. The molecule has 0 bridgehead atoms. The van der Waals surface area contributed by atoms with Crippen LogP contribution in [0.4, 0.5) is 11.5 Å². The number of anilines is 2. The van der Waals surface area contributed by atoms with Crippen LogP contribution < -0.4 is 15.0 Å². The van der Waals surface area contributed by atoms with Crippen LogP contribution in [0.3, 0.4) is 0 Å². The minimum atomic E-state index is 0.0631. The Morgan fingerprint density at radius 1 is 1.18 bits per heavy atom. The van der Waals surface area contributed by atoms with Gasteiger partial charge in [0.1, 0.15) is 22.7 Å². The first kappa shape index (κ1) is 24.2. The maximum atomic E-state index is 13.5. The Bertz CT molecular complexity index is 1130. The molecule has 34 heavy (non-hydrogen) atoms. The highest BCUT2D eigenvalue weighted by Crippen LogP contribution is 2.35. The predicted octanol–water partition coefficient (Wildman–Crippen LogP) is 4.20. The van der Waals surface area contributed by atoms with E-state index in [1.165, 1.54) is 11.3 Å². The second-order valence-electron chi connectivity index (χ2n) is 8.34. The summed E-state index contributed by atoms with van der Waals surface area (Å²) in [5, 5.41) is 4.40. The van der Waals surface area contributed by atoms with Gasteiger partial charge < -0.3 is 24.6 Å². The van der Waals surface area contributed by atoms with Crippen molar-refractivity contribution in [1.82, 2.24) is 14.9 Å². The van der Waals surface area contributed by atoms with Crippen molar-refractivity contribution in [2.75, 3.05) is 56.7 Å². The molecule has 0 aliphatic carbocycles. The number of nitrogens with zero attached hydrogens (tertiary/aromatic N) is 4. The molecule has 9 heteroatoms. The van der Waals surface area contributed by atoms with Gasteiger partial charge in [-0.1, -0.05) is 19.1 Å². The first-order valence-corrected chi connectivity index (χ1v) is 12.6. The fraction of sp³-hybridized carbons (Fsp3) is 0.480. The molecule has 1 saturated heterocycles.